The number of nitrogens with one attached hydrogen (secondary N) is 2. The average Bonchev–Trinajstić information content (AvgIpc) is 3.31. The second-order valence-corrected chi connectivity index (χ2v) is 10.1. The maximum atomic E-state index is 13.3. The predicted octanol–water partition coefficient (Wildman–Crippen LogP) is 0.0434. The van der Waals surface area contributed by atoms with E-state index in [1.54, 1.807) is 20.2 Å². The fraction of sp³-hybridized carbons (Fsp3) is 0.400. The van der Waals surface area contributed by atoms with Crippen LogP contribution < -0.4 is 21.3 Å². The lowest BCUT2D eigenvalue weighted by atomic mass is 10.2. The maximum Gasteiger partial charge on any atom is 0.404 e. The molecule has 0 atom stereocenters. The minimum Gasteiger partial charge on any atom is -0.465 e. The quantitative estimate of drug-likeness (QED) is 0.414. The second kappa shape index (κ2) is 8.15. The highest BCUT2D eigenvalue weighted by Gasteiger charge is 2.41. The van der Waals surface area contributed by atoms with Crippen molar-refractivity contribution in [3.05, 3.63) is 57.0 Å². The molecule has 1 amide bonds. The second-order valence-electron chi connectivity index (χ2n) is 8.42. The van der Waals surface area contributed by atoms with Gasteiger partial charge < -0.3 is 10.4 Å². The molecule has 0 aliphatic heterocycles. The third kappa shape index (κ3) is 4.68. The van der Waals surface area contributed by atoms with Crippen LogP contribution in [0.2, 0.25) is 0 Å². The van der Waals surface area contributed by atoms with Gasteiger partial charge in [0.05, 0.1) is 28.5 Å². The van der Waals surface area contributed by atoms with Crippen LogP contribution in [0.4, 0.5) is 4.79 Å². The first kappa shape index (κ1) is 22.7. The normalized spacial score (nSPS) is 15.0. The van der Waals surface area contributed by atoms with E-state index in [2.05, 4.69) is 15.1 Å². The molecule has 0 saturated heterocycles. The third-order valence-corrected chi connectivity index (χ3v) is 7.23. The van der Waals surface area contributed by atoms with Gasteiger partial charge >= 0.3 is 11.8 Å². The Hall–Kier alpha value is -3.45. The average molecular weight is 477 g/mol. The van der Waals surface area contributed by atoms with Gasteiger partial charge in [-0.1, -0.05) is 0 Å². The summed E-state index contributed by atoms with van der Waals surface area (Å²) in [5.74, 6) is 0. The number of sulfonamides is 1. The smallest absolute Gasteiger partial charge is 0.404 e. The summed E-state index contributed by atoms with van der Waals surface area (Å²) in [6.45, 7) is 1.62. The summed E-state index contributed by atoms with van der Waals surface area (Å²) < 4.78 is 32.1. The molecule has 1 saturated carbocycles. The molecule has 13 heteroatoms. The van der Waals surface area contributed by atoms with Gasteiger partial charge in [0.25, 0.3) is 5.56 Å². The van der Waals surface area contributed by atoms with Crippen molar-refractivity contribution in [2.75, 3.05) is 6.54 Å². The van der Waals surface area contributed by atoms with Crippen molar-refractivity contribution in [2.45, 2.75) is 43.3 Å². The zero-order chi connectivity index (χ0) is 24.0. The SMILES string of the molecule is Cn1cc(Cn2c(=O)c3cc(S(=O)(=O)NC4(C)CC4)ccc3n(CCNC(=O)O)c2=O)cn1. The highest BCUT2D eigenvalue weighted by Crippen LogP contribution is 2.36. The molecule has 1 aliphatic rings. The van der Waals surface area contributed by atoms with Gasteiger partial charge in [-0.25, -0.2) is 22.7 Å². The Morgan fingerprint density at radius 2 is 1.97 bits per heavy atom. The number of nitrogens with zero attached hydrogens (tertiary/aromatic N) is 4. The highest BCUT2D eigenvalue weighted by molar-refractivity contribution is 7.89. The summed E-state index contributed by atoms with van der Waals surface area (Å²) in [7, 11) is -2.17. The zero-order valence-electron chi connectivity index (χ0n) is 18.1. The molecule has 33 heavy (non-hydrogen) atoms. The van der Waals surface area contributed by atoms with E-state index >= 15 is 0 Å². The minimum atomic E-state index is -3.87. The van der Waals surface area contributed by atoms with Crippen molar-refractivity contribution in [1.82, 2.24) is 29.0 Å². The first-order valence-electron chi connectivity index (χ1n) is 10.2. The Balaban J connectivity index is 1.85. The molecule has 1 aliphatic carbocycles. The van der Waals surface area contributed by atoms with Crippen LogP contribution in [0.1, 0.15) is 25.3 Å². The van der Waals surface area contributed by atoms with Gasteiger partial charge in [-0.2, -0.15) is 5.10 Å². The summed E-state index contributed by atoms with van der Waals surface area (Å²) in [5, 5.41) is 15.1. The topological polar surface area (TPSA) is 157 Å². The number of aryl methyl sites for hydroxylation is 1. The van der Waals surface area contributed by atoms with Gasteiger partial charge in [-0.15, -0.1) is 0 Å². The van der Waals surface area contributed by atoms with E-state index in [0.29, 0.717) is 5.56 Å². The molecule has 2 aromatic heterocycles. The molecule has 176 valence electrons. The predicted molar refractivity (Wildman–Crippen MR) is 119 cm³/mol. The number of carbonyl (C=O) groups is 1. The van der Waals surface area contributed by atoms with Crippen molar-refractivity contribution >= 4 is 27.0 Å². The van der Waals surface area contributed by atoms with Crippen LogP contribution in [0.3, 0.4) is 0 Å². The lowest BCUT2D eigenvalue weighted by Crippen LogP contribution is -2.42. The van der Waals surface area contributed by atoms with E-state index in [0.717, 1.165) is 17.4 Å². The van der Waals surface area contributed by atoms with Crippen LogP contribution in [-0.4, -0.2) is 50.6 Å². The van der Waals surface area contributed by atoms with Gasteiger partial charge in [-0.3, -0.25) is 18.6 Å². The number of hydrogen-bond acceptors (Lipinski definition) is 6. The Morgan fingerprint density at radius 3 is 2.58 bits per heavy atom. The van der Waals surface area contributed by atoms with Crippen molar-refractivity contribution in [1.29, 1.82) is 0 Å². The fourth-order valence-electron chi connectivity index (χ4n) is 3.61. The molecule has 3 N–H and O–H groups in total. The lowest BCUT2D eigenvalue weighted by Gasteiger charge is -2.16. The Kier molecular flexibility index (Phi) is 5.62. The molecular weight excluding hydrogens is 452 g/mol. The first-order chi connectivity index (χ1) is 15.5. The zero-order valence-corrected chi connectivity index (χ0v) is 18.9. The maximum absolute atomic E-state index is 13.3. The molecular formula is C20H24N6O6S. The van der Waals surface area contributed by atoms with Gasteiger partial charge in [-0.05, 0) is 38.0 Å². The van der Waals surface area contributed by atoms with Crippen molar-refractivity contribution in [3.63, 3.8) is 0 Å². The molecule has 0 radical (unpaired) electrons. The van der Waals surface area contributed by atoms with Gasteiger partial charge in [0.1, 0.15) is 0 Å². The van der Waals surface area contributed by atoms with Gasteiger partial charge in [0.15, 0.2) is 0 Å². The number of fused-ring (bicyclic) bond motifs is 1. The van der Waals surface area contributed by atoms with Gasteiger partial charge in [0.2, 0.25) is 10.0 Å². The van der Waals surface area contributed by atoms with E-state index in [1.165, 1.54) is 33.6 Å². The van der Waals surface area contributed by atoms with Crippen LogP contribution in [0.25, 0.3) is 10.9 Å². The molecule has 0 bridgehead atoms. The Bertz CT molecular complexity index is 1460. The molecule has 1 aromatic carbocycles. The fourth-order valence-corrected chi connectivity index (χ4v) is 5.10. The largest absolute Gasteiger partial charge is 0.465 e. The number of amides is 1. The van der Waals surface area contributed by atoms with Crippen molar-refractivity contribution in [3.8, 4) is 0 Å². The minimum absolute atomic E-state index is 0.0395. The molecule has 3 aromatic rings. The Morgan fingerprint density at radius 1 is 1.24 bits per heavy atom. The van der Waals surface area contributed by atoms with Crippen molar-refractivity contribution < 1.29 is 18.3 Å². The summed E-state index contributed by atoms with van der Waals surface area (Å²) in [4.78, 5) is 37.2. The van der Waals surface area contributed by atoms with Gasteiger partial charge in [0, 0.05) is 37.4 Å². The number of carboxylic acid groups (broad SMARTS) is 1. The molecule has 1 fully saturated rings. The van der Waals surface area contributed by atoms with E-state index in [4.69, 9.17) is 5.11 Å². The Labute approximate surface area is 188 Å². The monoisotopic (exact) mass is 476 g/mol. The third-order valence-electron chi connectivity index (χ3n) is 5.60. The molecule has 2 heterocycles. The number of benzene rings is 1. The summed E-state index contributed by atoms with van der Waals surface area (Å²) in [5.41, 5.74) is -0.941. The summed E-state index contributed by atoms with van der Waals surface area (Å²) >= 11 is 0. The van der Waals surface area contributed by atoms with E-state index in [9.17, 15) is 22.8 Å². The molecule has 0 unspecified atom stereocenters. The van der Waals surface area contributed by atoms with E-state index in [1.807, 2.05) is 0 Å². The van der Waals surface area contributed by atoms with Crippen LogP contribution in [0.5, 0.6) is 0 Å². The number of aromatic nitrogens is 4. The molecule has 12 nitrogen and oxygen atoms in total. The number of hydrogen-bond donors (Lipinski definition) is 3. The molecule has 0 spiro atoms. The van der Waals surface area contributed by atoms with Crippen LogP contribution >= 0.6 is 0 Å². The van der Waals surface area contributed by atoms with Crippen LogP contribution in [-0.2, 0) is 30.2 Å². The highest BCUT2D eigenvalue weighted by atomic mass is 32.2. The first-order valence-corrected chi connectivity index (χ1v) is 11.7. The molecule has 4 rings (SSSR count). The summed E-state index contributed by atoms with van der Waals surface area (Å²) in [6, 6.07) is 3.99. The van der Waals surface area contributed by atoms with E-state index < -0.39 is 32.9 Å². The van der Waals surface area contributed by atoms with Crippen molar-refractivity contribution in [2.24, 2.45) is 7.05 Å². The summed E-state index contributed by atoms with van der Waals surface area (Å²) in [6.07, 6.45) is 3.40. The number of rotatable bonds is 8. The van der Waals surface area contributed by atoms with Crippen LogP contribution in [0.15, 0.2) is 45.1 Å². The standard InChI is InChI=1S/C20H24N6O6S/c1-20(5-6-20)23-33(31,32)14-3-4-16-15(9-14)17(27)26(12-13-10-22-24(2)11-13)19(30)25(16)8-7-21-18(28)29/h3-4,9-11,21,23H,5-8,12H2,1-2H3,(H,28,29). The van der Waals surface area contributed by atoms with Crippen LogP contribution in [0, 0.1) is 0 Å². The lowest BCUT2D eigenvalue weighted by molar-refractivity contribution is 0.194. The van der Waals surface area contributed by atoms with E-state index in [-0.39, 0.29) is 35.4 Å².